The van der Waals surface area contributed by atoms with Crippen LogP contribution in [0.4, 0.5) is 0 Å². The highest BCUT2D eigenvalue weighted by molar-refractivity contribution is 5.19. The molecule has 1 aromatic rings. The summed E-state index contributed by atoms with van der Waals surface area (Å²) < 4.78 is 0. The molecule has 0 aromatic carbocycles. The molecule has 1 rings (SSSR count). The van der Waals surface area contributed by atoms with Crippen molar-refractivity contribution in [3.05, 3.63) is 24.0 Å². The fraction of sp³-hybridized carbons (Fsp3) is 0.375. The number of nitrogens with zero attached hydrogens (tertiary/aromatic N) is 2. The van der Waals surface area contributed by atoms with E-state index in [1.807, 2.05) is 37.5 Å². The van der Waals surface area contributed by atoms with E-state index in [4.69, 9.17) is 5.26 Å². The zero-order valence-electron chi connectivity index (χ0n) is 6.70. The Kier molecular flexibility index (Phi) is 2.29. The van der Waals surface area contributed by atoms with E-state index in [9.17, 15) is 0 Å². The Morgan fingerprint density at radius 3 is 2.73 bits per heavy atom. The van der Waals surface area contributed by atoms with E-state index in [2.05, 4.69) is 11.1 Å². The van der Waals surface area contributed by atoms with Crippen LogP contribution in [0.1, 0.15) is 11.6 Å². The highest BCUT2D eigenvalue weighted by Crippen LogP contribution is 2.15. The molecular formula is C8H11N3. The van der Waals surface area contributed by atoms with Gasteiger partial charge in [-0.25, -0.2) is 0 Å². The molecule has 0 amide bonds. The number of aromatic nitrogens is 1. The second kappa shape index (κ2) is 3.22. The molecule has 0 saturated heterocycles. The molecule has 3 heteroatoms. The van der Waals surface area contributed by atoms with E-state index < -0.39 is 0 Å². The van der Waals surface area contributed by atoms with Crippen LogP contribution in [0.5, 0.6) is 0 Å². The average Bonchev–Trinajstić information content (AvgIpc) is 2.40. The van der Waals surface area contributed by atoms with Crippen molar-refractivity contribution in [1.82, 2.24) is 9.88 Å². The van der Waals surface area contributed by atoms with Crippen LogP contribution in [0.15, 0.2) is 18.5 Å². The van der Waals surface area contributed by atoms with Crippen LogP contribution in [0.25, 0.3) is 0 Å². The van der Waals surface area contributed by atoms with Gasteiger partial charge in [-0.1, -0.05) is 0 Å². The Bertz CT molecular complexity index is 243. The lowest BCUT2D eigenvalue weighted by molar-refractivity contribution is 0.358. The Balaban J connectivity index is 2.82. The number of nitrogens with one attached hydrogen (secondary N) is 1. The lowest BCUT2D eigenvalue weighted by atomic mass is 10.1. The van der Waals surface area contributed by atoms with E-state index in [-0.39, 0.29) is 6.04 Å². The molecule has 0 aliphatic rings. The maximum Gasteiger partial charge on any atom is 0.124 e. The Hall–Kier alpha value is -1.27. The zero-order chi connectivity index (χ0) is 8.27. The summed E-state index contributed by atoms with van der Waals surface area (Å²) in [6.45, 7) is 0. The fourth-order valence-corrected chi connectivity index (χ4v) is 0.995. The van der Waals surface area contributed by atoms with Gasteiger partial charge in [-0.05, 0) is 20.2 Å². The Morgan fingerprint density at radius 2 is 2.36 bits per heavy atom. The summed E-state index contributed by atoms with van der Waals surface area (Å²) in [5.41, 5.74) is 1.01. The van der Waals surface area contributed by atoms with Gasteiger partial charge in [-0.15, -0.1) is 0 Å². The highest BCUT2D eigenvalue weighted by atomic mass is 15.1. The summed E-state index contributed by atoms with van der Waals surface area (Å²) in [5, 5.41) is 8.76. The van der Waals surface area contributed by atoms with Crippen LogP contribution in [0.3, 0.4) is 0 Å². The molecule has 11 heavy (non-hydrogen) atoms. The number of aromatic amines is 1. The largest absolute Gasteiger partial charge is 0.367 e. The molecule has 0 spiro atoms. The topological polar surface area (TPSA) is 42.8 Å². The van der Waals surface area contributed by atoms with Gasteiger partial charge >= 0.3 is 0 Å². The summed E-state index contributed by atoms with van der Waals surface area (Å²) in [6.07, 6.45) is 3.66. The van der Waals surface area contributed by atoms with Crippen molar-refractivity contribution in [2.75, 3.05) is 14.1 Å². The summed E-state index contributed by atoms with van der Waals surface area (Å²) in [5.74, 6) is 0. The summed E-state index contributed by atoms with van der Waals surface area (Å²) in [6, 6.07) is 3.98. The van der Waals surface area contributed by atoms with E-state index in [1.54, 1.807) is 0 Å². The maximum absolute atomic E-state index is 8.76. The van der Waals surface area contributed by atoms with Gasteiger partial charge in [0.2, 0.25) is 0 Å². The molecule has 1 unspecified atom stereocenters. The standard InChI is InChI=1S/C8H11N3/c1-11(2)8(5-9)7-3-4-10-6-7/h3-4,6,8,10H,1-2H3. The molecule has 0 fully saturated rings. The van der Waals surface area contributed by atoms with Crippen molar-refractivity contribution in [2.45, 2.75) is 6.04 Å². The molecule has 0 aliphatic heterocycles. The van der Waals surface area contributed by atoms with E-state index in [0.29, 0.717) is 0 Å². The summed E-state index contributed by atoms with van der Waals surface area (Å²) >= 11 is 0. The fourth-order valence-electron chi connectivity index (χ4n) is 0.995. The third kappa shape index (κ3) is 1.60. The van der Waals surface area contributed by atoms with Gasteiger partial charge in [-0.3, -0.25) is 4.90 Å². The first-order valence-electron chi connectivity index (χ1n) is 3.44. The lowest BCUT2D eigenvalue weighted by Gasteiger charge is -2.14. The summed E-state index contributed by atoms with van der Waals surface area (Å²) in [4.78, 5) is 4.80. The zero-order valence-corrected chi connectivity index (χ0v) is 6.70. The average molecular weight is 149 g/mol. The number of rotatable bonds is 2. The third-order valence-electron chi connectivity index (χ3n) is 1.58. The molecule has 1 heterocycles. The minimum absolute atomic E-state index is 0.138. The molecule has 58 valence electrons. The van der Waals surface area contributed by atoms with Gasteiger partial charge in [-0.2, -0.15) is 5.26 Å². The molecule has 0 radical (unpaired) electrons. The summed E-state index contributed by atoms with van der Waals surface area (Å²) in [7, 11) is 3.78. The van der Waals surface area contributed by atoms with Gasteiger partial charge in [0.05, 0.1) is 6.07 Å². The first-order valence-corrected chi connectivity index (χ1v) is 3.44. The smallest absolute Gasteiger partial charge is 0.124 e. The van der Waals surface area contributed by atoms with Crippen LogP contribution in [-0.2, 0) is 0 Å². The first-order chi connectivity index (χ1) is 5.25. The predicted octanol–water partition coefficient (Wildman–Crippen LogP) is 1.14. The van der Waals surface area contributed by atoms with Crippen molar-refractivity contribution in [3.63, 3.8) is 0 Å². The van der Waals surface area contributed by atoms with Crippen molar-refractivity contribution >= 4 is 0 Å². The van der Waals surface area contributed by atoms with Gasteiger partial charge in [0, 0.05) is 18.0 Å². The minimum Gasteiger partial charge on any atom is -0.367 e. The number of H-pyrrole nitrogens is 1. The van der Waals surface area contributed by atoms with E-state index in [0.717, 1.165) is 5.56 Å². The van der Waals surface area contributed by atoms with E-state index in [1.165, 1.54) is 0 Å². The van der Waals surface area contributed by atoms with E-state index >= 15 is 0 Å². The molecular weight excluding hydrogens is 138 g/mol. The first kappa shape index (κ1) is 7.83. The van der Waals surface area contributed by atoms with Crippen molar-refractivity contribution in [1.29, 1.82) is 5.26 Å². The van der Waals surface area contributed by atoms with Crippen molar-refractivity contribution in [3.8, 4) is 6.07 Å². The van der Waals surface area contributed by atoms with Gasteiger partial charge in [0.1, 0.15) is 6.04 Å². The number of hydrogen-bond donors (Lipinski definition) is 1. The number of nitriles is 1. The highest BCUT2D eigenvalue weighted by Gasteiger charge is 2.11. The maximum atomic E-state index is 8.76. The SMILES string of the molecule is CN(C)C(C#N)c1cc[nH]c1. The van der Waals surface area contributed by atoms with Gasteiger partial charge in [0.15, 0.2) is 0 Å². The van der Waals surface area contributed by atoms with Crippen LogP contribution >= 0.6 is 0 Å². The lowest BCUT2D eigenvalue weighted by Crippen LogP contribution is -2.17. The monoisotopic (exact) mass is 149 g/mol. The molecule has 1 N–H and O–H groups in total. The molecule has 3 nitrogen and oxygen atoms in total. The normalized spacial score (nSPS) is 12.9. The second-order valence-electron chi connectivity index (χ2n) is 2.64. The third-order valence-corrected chi connectivity index (χ3v) is 1.58. The van der Waals surface area contributed by atoms with Crippen LogP contribution in [0.2, 0.25) is 0 Å². The minimum atomic E-state index is -0.138. The molecule has 0 saturated carbocycles. The molecule has 0 bridgehead atoms. The van der Waals surface area contributed by atoms with Crippen LogP contribution < -0.4 is 0 Å². The van der Waals surface area contributed by atoms with Crippen molar-refractivity contribution < 1.29 is 0 Å². The van der Waals surface area contributed by atoms with Crippen LogP contribution in [-0.4, -0.2) is 24.0 Å². The van der Waals surface area contributed by atoms with Crippen LogP contribution in [0, 0.1) is 11.3 Å². The second-order valence-corrected chi connectivity index (χ2v) is 2.64. The van der Waals surface area contributed by atoms with Gasteiger partial charge < -0.3 is 4.98 Å². The Labute approximate surface area is 66.3 Å². The van der Waals surface area contributed by atoms with Gasteiger partial charge in [0.25, 0.3) is 0 Å². The van der Waals surface area contributed by atoms with Crippen molar-refractivity contribution in [2.24, 2.45) is 0 Å². The predicted molar refractivity (Wildman–Crippen MR) is 42.8 cm³/mol. The molecule has 1 atom stereocenters. The quantitative estimate of drug-likeness (QED) is 0.685. The molecule has 0 aliphatic carbocycles. The molecule has 1 aromatic heterocycles. The Morgan fingerprint density at radius 1 is 1.64 bits per heavy atom. The number of hydrogen-bond acceptors (Lipinski definition) is 2.